The normalized spacial score (nSPS) is 19.7. The van der Waals surface area contributed by atoms with Crippen molar-refractivity contribution < 1.29 is 9.66 Å². The van der Waals surface area contributed by atoms with Crippen LogP contribution in [0.5, 0.6) is 0 Å². The van der Waals surface area contributed by atoms with Gasteiger partial charge in [-0.25, -0.2) is 4.68 Å². The Morgan fingerprint density at radius 1 is 1.58 bits per heavy atom. The lowest BCUT2D eigenvalue weighted by Crippen LogP contribution is -2.31. The molecule has 0 bridgehead atoms. The van der Waals surface area contributed by atoms with E-state index in [0.717, 1.165) is 19.4 Å². The summed E-state index contributed by atoms with van der Waals surface area (Å²) in [5, 5.41) is 18.7. The van der Waals surface area contributed by atoms with E-state index < -0.39 is 0 Å². The Labute approximate surface area is 112 Å². The highest BCUT2D eigenvalue weighted by molar-refractivity contribution is 5.60. The average molecular weight is 268 g/mol. The number of rotatable bonds is 4. The summed E-state index contributed by atoms with van der Waals surface area (Å²) in [6.07, 6.45) is 1.93. The Morgan fingerprint density at radius 3 is 2.84 bits per heavy atom. The van der Waals surface area contributed by atoms with Crippen LogP contribution in [0.4, 0.5) is 11.5 Å². The minimum atomic E-state index is -0.368. The first kappa shape index (κ1) is 13.8. The van der Waals surface area contributed by atoms with Crippen LogP contribution >= 0.6 is 0 Å². The molecule has 1 aliphatic heterocycles. The van der Waals surface area contributed by atoms with Crippen LogP contribution in [0.2, 0.25) is 0 Å². The lowest BCUT2D eigenvalue weighted by Gasteiger charge is -2.24. The Morgan fingerprint density at radius 2 is 2.32 bits per heavy atom. The molecule has 0 aromatic carbocycles. The molecule has 1 atom stereocenters. The van der Waals surface area contributed by atoms with Gasteiger partial charge in [-0.15, -0.1) is 0 Å². The Kier molecular flexibility index (Phi) is 4.04. The molecule has 1 saturated heterocycles. The minimum absolute atomic E-state index is 0.0688. The van der Waals surface area contributed by atoms with E-state index in [2.05, 4.69) is 10.4 Å². The smallest absolute Gasteiger partial charge is 0.333 e. The second kappa shape index (κ2) is 5.56. The van der Waals surface area contributed by atoms with E-state index in [1.165, 1.54) is 0 Å². The van der Waals surface area contributed by atoms with Gasteiger partial charge in [-0.2, -0.15) is 5.10 Å². The molecule has 1 aromatic rings. The number of aromatic nitrogens is 2. The third kappa shape index (κ3) is 2.86. The van der Waals surface area contributed by atoms with Gasteiger partial charge in [-0.1, -0.05) is 0 Å². The molecule has 1 aliphatic rings. The van der Waals surface area contributed by atoms with Crippen molar-refractivity contribution in [1.82, 2.24) is 9.78 Å². The monoisotopic (exact) mass is 268 g/mol. The van der Waals surface area contributed by atoms with Crippen LogP contribution in [0.15, 0.2) is 0 Å². The van der Waals surface area contributed by atoms with Gasteiger partial charge in [-0.05, 0) is 33.6 Å². The summed E-state index contributed by atoms with van der Waals surface area (Å²) in [4.78, 5) is 10.8. The van der Waals surface area contributed by atoms with Gasteiger partial charge in [0.25, 0.3) is 0 Å². The third-order valence-corrected chi connectivity index (χ3v) is 3.23. The van der Waals surface area contributed by atoms with E-state index >= 15 is 0 Å². The van der Waals surface area contributed by atoms with Gasteiger partial charge in [0.05, 0.1) is 17.6 Å². The first-order valence-electron chi connectivity index (χ1n) is 6.58. The van der Waals surface area contributed by atoms with Crippen LogP contribution in [0.25, 0.3) is 0 Å². The van der Waals surface area contributed by atoms with Gasteiger partial charge in [0.2, 0.25) is 5.82 Å². The molecular formula is C12H20N4O3. The Bertz CT molecular complexity index is 464. The van der Waals surface area contributed by atoms with Gasteiger partial charge in [0.15, 0.2) is 0 Å². The van der Waals surface area contributed by atoms with Gasteiger partial charge in [0, 0.05) is 12.6 Å². The number of anilines is 1. The van der Waals surface area contributed by atoms with Crippen LogP contribution in [-0.2, 0) is 4.74 Å². The summed E-state index contributed by atoms with van der Waals surface area (Å²) in [6.45, 7) is 6.93. The molecule has 19 heavy (non-hydrogen) atoms. The molecule has 0 radical (unpaired) electrons. The molecule has 0 aliphatic carbocycles. The van der Waals surface area contributed by atoms with Crippen LogP contribution < -0.4 is 5.32 Å². The fourth-order valence-electron chi connectivity index (χ4n) is 2.31. The third-order valence-electron chi connectivity index (χ3n) is 3.23. The lowest BCUT2D eigenvalue weighted by molar-refractivity contribution is -0.384. The van der Waals surface area contributed by atoms with Crippen LogP contribution in [-0.4, -0.2) is 34.0 Å². The predicted molar refractivity (Wildman–Crippen MR) is 71.5 cm³/mol. The molecular weight excluding hydrogens is 248 g/mol. The quantitative estimate of drug-likeness (QED) is 0.669. The van der Waals surface area contributed by atoms with Crippen molar-refractivity contribution in [3.63, 3.8) is 0 Å². The standard InChI is InChI=1S/C12H20N4O3/c1-8(2)15-12(11(16(17)18)9(3)14-15)13-10-5-4-6-19-7-10/h8,10,13H,4-7H2,1-3H3. The molecule has 1 N–H and O–H groups in total. The number of aryl methyl sites for hydroxylation is 1. The number of nitrogens with one attached hydrogen (secondary N) is 1. The molecule has 7 heteroatoms. The number of hydrogen-bond donors (Lipinski definition) is 1. The first-order valence-corrected chi connectivity index (χ1v) is 6.58. The van der Waals surface area contributed by atoms with E-state index in [4.69, 9.17) is 4.74 Å². The fourth-order valence-corrected chi connectivity index (χ4v) is 2.31. The number of ether oxygens (including phenoxy) is 1. The van der Waals surface area contributed by atoms with E-state index in [0.29, 0.717) is 18.1 Å². The summed E-state index contributed by atoms with van der Waals surface area (Å²) >= 11 is 0. The van der Waals surface area contributed by atoms with E-state index in [-0.39, 0.29) is 22.7 Å². The average Bonchev–Trinajstić information content (AvgIpc) is 2.67. The molecule has 106 valence electrons. The maximum Gasteiger partial charge on any atom is 0.333 e. The molecule has 0 saturated carbocycles. The second-order valence-electron chi connectivity index (χ2n) is 5.14. The molecule has 0 amide bonds. The Hall–Kier alpha value is -1.63. The maximum atomic E-state index is 11.2. The van der Waals surface area contributed by atoms with Crippen LogP contribution in [0.1, 0.15) is 38.4 Å². The van der Waals surface area contributed by atoms with Crippen LogP contribution in [0, 0.1) is 17.0 Å². The number of hydrogen-bond acceptors (Lipinski definition) is 5. The lowest BCUT2D eigenvalue weighted by atomic mass is 10.1. The maximum absolute atomic E-state index is 11.2. The highest BCUT2D eigenvalue weighted by Crippen LogP contribution is 2.31. The highest BCUT2D eigenvalue weighted by atomic mass is 16.6. The summed E-state index contributed by atoms with van der Waals surface area (Å²) in [5.41, 5.74) is 0.511. The van der Waals surface area contributed by atoms with E-state index in [9.17, 15) is 10.1 Å². The molecule has 1 unspecified atom stereocenters. The van der Waals surface area contributed by atoms with Crippen molar-refractivity contribution in [2.45, 2.75) is 45.7 Å². The first-order chi connectivity index (χ1) is 9.00. The van der Waals surface area contributed by atoms with Crippen molar-refractivity contribution in [2.24, 2.45) is 0 Å². The van der Waals surface area contributed by atoms with Crippen molar-refractivity contribution in [2.75, 3.05) is 18.5 Å². The topological polar surface area (TPSA) is 82.2 Å². The molecule has 2 heterocycles. The van der Waals surface area contributed by atoms with Gasteiger partial charge < -0.3 is 10.1 Å². The Balaban J connectivity index is 2.32. The van der Waals surface area contributed by atoms with E-state index in [1.54, 1.807) is 11.6 Å². The van der Waals surface area contributed by atoms with Crippen molar-refractivity contribution in [3.05, 3.63) is 15.8 Å². The van der Waals surface area contributed by atoms with E-state index in [1.807, 2.05) is 13.8 Å². The molecule has 1 aromatic heterocycles. The fraction of sp³-hybridized carbons (Fsp3) is 0.750. The summed E-state index contributed by atoms with van der Waals surface area (Å²) in [6, 6.07) is 0.181. The van der Waals surface area contributed by atoms with Crippen molar-refractivity contribution in [3.8, 4) is 0 Å². The van der Waals surface area contributed by atoms with Gasteiger partial charge in [-0.3, -0.25) is 10.1 Å². The van der Waals surface area contributed by atoms with Gasteiger partial charge in [0.1, 0.15) is 5.69 Å². The second-order valence-corrected chi connectivity index (χ2v) is 5.14. The van der Waals surface area contributed by atoms with Crippen molar-refractivity contribution >= 4 is 11.5 Å². The number of nitro groups is 1. The molecule has 0 spiro atoms. The summed E-state index contributed by atoms with van der Waals surface area (Å²) in [7, 11) is 0. The summed E-state index contributed by atoms with van der Waals surface area (Å²) < 4.78 is 7.08. The SMILES string of the molecule is Cc1nn(C(C)C)c(NC2CCCOC2)c1[N+](=O)[O-]. The molecule has 2 rings (SSSR count). The zero-order chi connectivity index (χ0) is 14.0. The highest BCUT2D eigenvalue weighted by Gasteiger charge is 2.28. The minimum Gasteiger partial charge on any atom is -0.379 e. The molecule has 7 nitrogen and oxygen atoms in total. The largest absolute Gasteiger partial charge is 0.379 e. The zero-order valence-corrected chi connectivity index (χ0v) is 11.5. The summed E-state index contributed by atoms with van der Waals surface area (Å²) in [5.74, 6) is 0.494. The van der Waals surface area contributed by atoms with Gasteiger partial charge >= 0.3 is 5.69 Å². The van der Waals surface area contributed by atoms with Crippen molar-refractivity contribution in [1.29, 1.82) is 0 Å². The molecule has 1 fully saturated rings. The zero-order valence-electron chi connectivity index (χ0n) is 11.5. The number of nitrogens with zero attached hydrogens (tertiary/aromatic N) is 3. The van der Waals surface area contributed by atoms with Crippen LogP contribution in [0.3, 0.4) is 0 Å². The predicted octanol–water partition coefficient (Wildman–Crippen LogP) is 2.27.